The Labute approximate surface area is 196 Å². The molecule has 0 spiro atoms. The Morgan fingerprint density at radius 3 is 2.62 bits per heavy atom. The molecule has 1 atom stereocenters. The third-order valence-corrected chi connectivity index (χ3v) is 5.60. The molecule has 0 bridgehead atoms. The van der Waals surface area contributed by atoms with Crippen molar-refractivity contribution in [3.05, 3.63) is 63.8 Å². The van der Waals surface area contributed by atoms with Crippen LogP contribution in [0.1, 0.15) is 30.0 Å². The van der Waals surface area contributed by atoms with Crippen LogP contribution in [0.15, 0.2) is 45.7 Å². The summed E-state index contributed by atoms with van der Waals surface area (Å²) in [6.45, 7) is 5.57. The van der Waals surface area contributed by atoms with Gasteiger partial charge in [0, 0.05) is 5.56 Å². The van der Waals surface area contributed by atoms with E-state index >= 15 is 0 Å². The van der Waals surface area contributed by atoms with Gasteiger partial charge in [-0.25, -0.2) is 9.97 Å². The van der Waals surface area contributed by atoms with Gasteiger partial charge >= 0.3 is 0 Å². The summed E-state index contributed by atoms with van der Waals surface area (Å²) in [7, 11) is 3.23. The Morgan fingerprint density at radius 2 is 1.94 bits per heavy atom. The fourth-order valence-electron chi connectivity index (χ4n) is 4.00. The van der Waals surface area contributed by atoms with Crippen LogP contribution >= 0.6 is 0 Å². The van der Waals surface area contributed by atoms with Crippen molar-refractivity contribution in [2.24, 2.45) is 0 Å². The van der Waals surface area contributed by atoms with Crippen molar-refractivity contribution >= 4 is 22.9 Å². The first-order chi connectivity index (χ1) is 16.3. The van der Waals surface area contributed by atoms with Gasteiger partial charge in [0.2, 0.25) is 5.91 Å². The Bertz CT molecular complexity index is 1410. The normalized spacial score (nSPS) is 12.0. The highest BCUT2D eigenvalue weighted by atomic mass is 16.5. The Morgan fingerprint density at radius 1 is 1.18 bits per heavy atom. The summed E-state index contributed by atoms with van der Waals surface area (Å²) in [6.07, 6.45) is 0. The van der Waals surface area contributed by atoms with E-state index in [1.165, 1.54) is 4.57 Å². The number of ether oxygens (including phenoxy) is 1. The third-order valence-electron chi connectivity index (χ3n) is 5.60. The topological polar surface area (TPSA) is 124 Å². The number of pyridine rings is 1. The highest BCUT2D eigenvalue weighted by Gasteiger charge is 2.23. The van der Waals surface area contributed by atoms with Crippen molar-refractivity contribution in [3.63, 3.8) is 0 Å². The first-order valence-electron chi connectivity index (χ1n) is 10.8. The quantitative estimate of drug-likeness (QED) is 0.430. The van der Waals surface area contributed by atoms with E-state index in [4.69, 9.17) is 14.2 Å². The monoisotopic (exact) mass is 462 g/mol. The van der Waals surface area contributed by atoms with E-state index in [9.17, 15) is 9.59 Å². The molecule has 0 aliphatic carbocycles. The van der Waals surface area contributed by atoms with Gasteiger partial charge in [0.15, 0.2) is 11.5 Å². The molecule has 10 nitrogen and oxygen atoms in total. The number of likely N-dealkylation sites (N-methyl/N-ethyl adjacent to an activating group) is 1. The molecule has 4 aromatic rings. The van der Waals surface area contributed by atoms with Gasteiger partial charge in [0.05, 0.1) is 36.6 Å². The number of amides is 1. The van der Waals surface area contributed by atoms with Crippen LogP contribution in [-0.2, 0) is 4.79 Å². The van der Waals surface area contributed by atoms with E-state index in [2.05, 4.69) is 20.8 Å². The van der Waals surface area contributed by atoms with Crippen LogP contribution in [-0.4, -0.2) is 46.3 Å². The van der Waals surface area contributed by atoms with Crippen LogP contribution in [0.2, 0.25) is 0 Å². The Balaban J connectivity index is 1.98. The number of fused-ring (bicyclic) bond motifs is 1. The third kappa shape index (κ3) is 4.15. The average molecular weight is 463 g/mol. The zero-order valence-corrected chi connectivity index (χ0v) is 19.7. The van der Waals surface area contributed by atoms with Crippen molar-refractivity contribution in [1.29, 1.82) is 0 Å². The summed E-state index contributed by atoms with van der Waals surface area (Å²) < 4.78 is 12.4. The van der Waals surface area contributed by atoms with E-state index in [0.29, 0.717) is 34.1 Å². The first-order valence-corrected chi connectivity index (χ1v) is 10.8. The number of benzene rings is 1. The summed E-state index contributed by atoms with van der Waals surface area (Å²) in [6, 6.07) is 10.5. The maximum absolute atomic E-state index is 13.6. The lowest BCUT2D eigenvalue weighted by Crippen LogP contribution is -2.33. The van der Waals surface area contributed by atoms with Gasteiger partial charge in [-0.05, 0) is 46.0 Å². The van der Waals surface area contributed by atoms with Crippen molar-refractivity contribution in [2.45, 2.75) is 26.8 Å². The van der Waals surface area contributed by atoms with E-state index < -0.39 is 11.6 Å². The highest BCUT2D eigenvalue weighted by molar-refractivity contribution is 5.92. The summed E-state index contributed by atoms with van der Waals surface area (Å²) in [5.74, 6) is 0.819. The second-order valence-electron chi connectivity index (χ2n) is 7.87. The molecule has 0 unspecified atom stereocenters. The number of carbonyl (C=O) groups excluding carboxylic acids is 1. The van der Waals surface area contributed by atoms with Gasteiger partial charge in [0.1, 0.15) is 17.0 Å². The number of para-hydroxylation sites is 1. The van der Waals surface area contributed by atoms with Crippen molar-refractivity contribution < 1.29 is 14.1 Å². The van der Waals surface area contributed by atoms with Gasteiger partial charge in [-0.15, -0.1) is 0 Å². The van der Waals surface area contributed by atoms with E-state index in [1.54, 1.807) is 26.3 Å². The molecule has 3 heterocycles. The highest BCUT2D eigenvalue weighted by Crippen LogP contribution is 2.31. The molecular formula is C24H26N6O4. The summed E-state index contributed by atoms with van der Waals surface area (Å²) in [4.78, 5) is 35.1. The predicted octanol–water partition coefficient (Wildman–Crippen LogP) is 2.84. The molecule has 0 radical (unpaired) electrons. The minimum atomic E-state index is -0.473. The minimum Gasteiger partial charge on any atom is -0.496 e. The molecule has 0 saturated heterocycles. The number of aromatic nitrogens is 4. The summed E-state index contributed by atoms with van der Waals surface area (Å²) in [5, 5.41) is 9.39. The van der Waals surface area contributed by atoms with Crippen molar-refractivity contribution in [2.75, 3.05) is 26.0 Å². The number of rotatable bonds is 7. The smallest absolute Gasteiger partial charge is 0.295 e. The molecule has 0 aliphatic heterocycles. The van der Waals surface area contributed by atoms with Crippen molar-refractivity contribution in [1.82, 2.24) is 25.0 Å². The molecule has 1 aromatic carbocycles. The number of nitrogens with one attached hydrogen (secondary N) is 2. The second-order valence-corrected chi connectivity index (χ2v) is 7.87. The van der Waals surface area contributed by atoms with Crippen LogP contribution in [0.3, 0.4) is 0 Å². The number of nitrogens with zero attached hydrogens (tertiary/aromatic N) is 4. The lowest BCUT2D eigenvalue weighted by molar-refractivity contribution is -0.115. The van der Waals surface area contributed by atoms with Crippen molar-refractivity contribution in [3.8, 4) is 17.0 Å². The number of hydrogen-bond acceptors (Lipinski definition) is 8. The van der Waals surface area contributed by atoms with Crippen LogP contribution < -0.4 is 20.9 Å². The first kappa shape index (κ1) is 23.1. The molecule has 4 rings (SSSR count). The molecule has 2 N–H and O–H groups in total. The standard InChI is InChI=1S/C24H26N6O4/c1-13-21(15(3)34-29-13)17-10-11-18-23(27-17)30(14(2)16-8-6-7-9-19(16)33-5)24(32)22(26-18)28-20(31)12-25-4/h6-11,14,25H,12H2,1-5H3,(H,26,28,31)/t14-/m0/s1. The van der Waals surface area contributed by atoms with Crippen LogP contribution in [0.5, 0.6) is 5.75 Å². The lowest BCUT2D eigenvalue weighted by Gasteiger charge is -2.21. The van der Waals surface area contributed by atoms with E-state index in [0.717, 1.165) is 11.1 Å². The zero-order chi connectivity index (χ0) is 24.4. The predicted molar refractivity (Wildman–Crippen MR) is 128 cm³/mol. The maximum Gasteiger partial charge on any atom is 0.295 e. The van der Waals surface area contributed by atoms with Gasteiger partial charge in [0.25, 0.3) is 5.56 Å². The number of carbonyl (C=O) groups is 1. The SMILES string of the molecule is CNCC(=O)Nc1nc2ccc(-c3c(C)noc3C)nc2n([C@@H](C)c2ccccc2OC)c1=O. The summed E-state index contributed by atoms with van der Waals surface area (Å²) >= 11 is 0. The zero-order valence-electron chi connectivity index (χ0n) is 19.7. The van der Waals surface area contributed by atoms with Gasteiger partial charge < -0.3 is 19.9 Å². The van der Waals surface area contributed by atoms with E-state index in [-0.39, 0.29) is 18.3 Å². The van der Waals surface area contributed by atoms with Gasteiger partial charge in [-0.1, -0.05) is 23.4 Å². The Kier molecular flexibility index (Phi) is 6.42. The van der Waals surface area contributed by atoms with Crippen LogP contribution in [0.4, 0.5) is 5.82 Å². The molecule has 0 fully saturated rings. The number of methoxy groups -OCH3 is 1. The molecule has 176 valence electrons. The molecule has 34 heavy (non-hydrogen) atoms. The van der Waals surface area contributed by atoms with E-state index in [1.807, 2.05) is 45.0 Å². The fraction of sp³-hybridized carbons (Fsp3) is 0.292. The molecule has 0 aliphatic rings. The average Bonchev–Trinajstić information content (AvgIpc) is 3.17. The Hall–Kier alpha value is -4.05. The number of anilines is 1. The molecule has 0 saturated carbocycles. The number of hydrogen-bond donors (Lipinski definition) is 2. The van der Waals surface area contributed by atoms with Gasteiger partial charge in [-0.2, -0.15) is 0 Å². The van der Waals surface area contributed by atoms with Crippen LogP contribution in [0.25, 0.3) is 22.4 Å². The molecule has 3 aromatic heterocycles. The van der Waals surface area contributed by atoms with Crippen LogP contribution in [0, 0.1) is 13.8 Å². The molecule has 10 heteroatoms. The maximum atomic E-state index is 13.6. The second kappa shape index (κ2) is 9.44. The summed E-state index contributed by atoms with van der Waals surface area (Å²) in [5.41, 5.74) is 3.20. The fourth-order valence-corrected chi connectivity index (χ4v) is 4.00. The number of aryl methyl sites for hydroxylation is 2. The largest absolute Gasteiger partial charge is 0.496 e. The van der Waals surface area contributed by atoms with Gasteiger partial charge in [-0.3, -0.25) is 14.2 Å². The lowest BCUT2D eigenvalue weighted by atomic mass is 10.1. The molecular weight excluding hydrogens is 436 g/mol. The minimum absolute atomic E-state index is 0.0461. The molecule has 1 amide bonds.